The van der Waals surface area contributed by atoms with Gasteiger partial charge in [0.05, 0.1) is 0 Å². The number of carbonyl (C=O) groups is 2. The summed E-state index contributed by atoms with van der Waals surface area (Å²) in [7, 11) is 0. The maximum absolute atomic E-state index is 10.8. The zero-order chi connectivity index (χ0) is 11.8. The fourth-order valence-electron chi connectivity index (χ4n) is 1.16. The molecule has 0 fully saturated rings. The van der Waals surface area contributed by atoms with Crippen LogP contribution in [-0.4, -0.2) is 33.9 Å². The van der Waals surface area contributed by atoms with Crippen LogP contribution in [0.15, 0.2) is 4.99 Å². The van der Waals surface area contributed by atoms with Crippen molar-refractivity contribution in [2.75, 3.05) is 0 Å². The van der Waals surface area contributed by atoms with Crippen LogP contribution in [0.2, 0.25) is 0 Å². The van der Waals surface area contributed by atoms with Gasteiger partial charge in [-0.1, -0.05) is 13.8 Å². The highest BCUT2D eigenvalue weighted by Crippen LogP contribution is 2.06. The zero-order valence-corrected chi connectivity index (χ0v) is 10.3. The lowest BCUT2D eigenvalue weighted by Crippen LogP contribution is -2.21. The normalized spacial score (nSPS) is 11.1. The third kappa shape index (κ3) is 7.23. The van der Waals surface area contributed by atoms with Gasteiger partial charge in [-0.15, -0.1) is 12.4 Å². The summed E-state index contributed by atoms with van der Waals surface area (Å²) in [5, 5.41) is 17.3. The molecule has 5 nitrogen and oxygen atoms in total. The summed E-state index contributed by atoms with van der Waals surface area (Å²) in [5.74, 6) is -2.05. The van der Waals surface area contributed by atoms with Gasteiger partial charge in [0.1, 0.15) is 6.04 Å². The summed E-state index contributed by atoms with van der Waals surface area (Å²) >= 11 is 0. The topological polar surface area (TPSA) is 87.0 Å². The Morgan fingerprint density at radius 3 is 2.00 bits per heavy atom. The molecule has 0 aromatic carbocycles. The Labute approximate surface area is 101 Å². The molecule has 0 rings (SSSR count). The van der Waals surface area contributed by atoms with E-state index >= 15 is 0 Å². The first-order valence-electron chi connectivity index (χ1n) is 5.01. The Kier molecular flexibility index (Phi) is 9.89. The van der Waals surface area contributed by atoms with Crippen molar-refractivity contribution in [3.8, 4) is 0 Å². The molecule has 0 radical (unpaired) electrons. The molecule has 0 saturated heterocycles. The van der Waals surface area contributed by atoms with Crippen LogP contribution >= 0.6 is 12.4 Å². The highest BCUT2D eigenvalue weighted by Gasteiger charge is 2.17. The molecule has 16 heavy (non-hydrogen) atoms. The molecule has 0 aliphatic heterocycles. The van der Waals surface area contributed by atoms with Gasteiger partial charge in [0.15, 0.2) is 0 Å². The summed E-state index contributed by atoms with van der Waals surface area (Å²) < 4.78 is 0. The molecule has 0 aliphatic carbocycles. The highest BCUT2D eigenvalue weighted by atomic mass is 35.5. The molecular formula is C10H18ClNO4. The fourth-order valence-corrected chi connectivity index (χ4v) is 1.16. The minimum atomic E-state index is -1.06. The van der Waals surface area contributed by atoms with E-state index < -0.39 is 18.0 Å². The number of hydrogen-bond donors (Lipinski definition) is 2. The molecule has 0 bridgehead atoms. The summed E-state index contributed by atoms with van der Waals surface area (Å²) in [6.45, 7) is 3.80. The van der Waals surface area contributed by atoms with Gasteiger partial charge in [-0.25, -0.2) is 4.79 Å². The van der Waals surface area contributed by atoms with Crippen LogP contribution in [-0.2, 0) is 9.59 Å². The van der Waals surface area contributed by atoms with Gasteiger partial charge in [-0.2, -0.15) is 0 Å². The van der Waals surface area contributed by atoms with E-state index in [1.165, 1.54) is 0 Å². The van der Waals surface area contributed by atoms with Gasteiger partial charge in [-0.3, -0.25) is 9.79 Å². The van der Waals surface area contributed by atoms with Crippen molar-refractivity contribution < 1.29 is 19.8 Å². The second kappa shape index (κ2) is 9.15. The van der Waals surface area contributed by atoms with Crippen LogP contribution in [0.3, 0.4) is 0 Å². The third-order valence-electron chi connectivity index (χ3n) is 2.07. The van der Waals surface area contributed by atoms with E-state index in [1.54, 1.807) is 0 Å². The lowest BCUT2D eigenvalue weighted by atomic mass is 10.1. The molecule has 0 spiro atoms. The number of nitrogens with zero attached hydrogens (tertiary/aromatic N) is 1. The summed E-state index contributed by atoms with van der Waals surface area (Å²) in [4.78, 5) is 25.1. The van der Waals surface area contributed by atoms with Gasteiger partial charge >= 0.3 is 11.9 Å². The van der Waals surface area contributed by atoms with Gasteiger partial charge in [0, 0.05) is 12.1 Å². The van der Waals surface area contributed by atoms with Crippen molar-refractivity contribution in [3.63, 3.8) is 0 Å². The molecule has 1 atom stereocenters. The Bertz CT molecular complexity index is 260. The number of aliphatic imine (C=N–C) groups is 1. The van der Waals surface area contributed by atoms with Gasteiger partial charge in [0.25, 0.3) is 0 Å². The maximum Gasteiger partial charge on any atom is 0.328 e. The average molecular weight is 252 g/mol. The van der Waals surface area contributed by atoms with Crippen molar-refractivity contribution in [2.45, 2.75) is 45.6 Å². The Morgan fingerprint density at radius 1 is 1.19 bits per heavy atom. The van der Waals surface area contributed by atoms with Crippen molar-refractivity contribution in [1.29, 1.82) is 0 Å². The SMILES string of the molecule is CCC(CC)=N[C@@H](CCC(=O)O)C(=O)O.Cl. The van der Waals surface area contributed by atoms with Crippen LogP contribution in [0.25, 0.3) is 0 Å². The first-order chi connectivity index (χ1) is 7.01. The first kappa shape index (κ1) is 17.3. The van der Waals surface area contributed by atoms with Crippen LogP contribution in [0.1, 0.15) is 39.5 Å². The Hall–Kier alpha value is -1.10. The molecule has 0 aromatic heterocycles. The fraction of sp³-hybridized carbons (Fsp3) is 0.700. The number of carboxylic acid groups (broad SMARTS) is 2. The van der Waals surface area contributed by atoms with E-state index in [0.29, 0.717) is 12.8 Å². The second-order valence-electron chi connectivity index (χ2n) is 3.19. The molecule has 0 aromatic rings. The summed E-state index contributed by atoms with van der Waals surface area (Å²) in [6, 6.07) is -0.920. The molecule has 94 valence electrons. The van der Waals surface area contributed by atoms with Crippen molar-refractivity contribution in [3.05, 3.63) is 0 Å². The summed E-state index contributed by atoms with van der Waals surface area (Å²) in [5.41, 5.74) is 0.813. The van der Waals surface area contributed by atoms with E-state index in [2.05, 4.69) is 4.99 Å². The van der Waals surface area contributed by atoms with E-state index in [9.17, 15) is 9.59 Å². The standard InChI is InChI=1S/C10H17NO4.ClH/c1-3-7(4-2)11-8(10(14)15)5-6-9(12)13;/h8H,3-6H2,1-2H3,(H,12,13)(H,14,15);1H/t8-;/m0./s1. The molecule has 0 heterocycles. The molecular weight excluding hydrogens is 234 g/mol. The number of carboxylic acids is 2. The molecule has 0 aliphatic rings. The number of aliphatic carboxylic acids is 2. The molecule has 0 amide bonds. The lowest BCUT2D eigenvalue weighted by molar-refractivity contribution is -0.139. The smallest absolute Gasteiger partial charge is 0.328 e. The number of hydrogen-bond acceptors (Lipinski definition) is 3. The number of rotatable bonds is 7. The minimum absolute atomic E-state index is 0. The summed E-state index contributed by atoms with van der Waals surface area (Å²) in [6.07, 6.45) is 1.29. The lowest BCUT2D eigenvalue weighted by Gasteiger charge is -2.08. The first-order valence-corrected chi connectivity index (χ1v) is 5.01. The van der Waals surface area contributed by atoms with Crippen LogP contribution in [0, 0.1) is 0 Å². The third-order valence-corrected chi connectivity index (χ3v) is 2.07. The molecule has 2 N–H and O–H groups in total. The van der Waals surface area contributed by atoms with Crippen LogP contribution < -0.4 is 0 Å². The van der Waals surface area contributed by atoms with Crippen molar-refractivity contribution in [2.24, 2.45) is 4.99 Å². The maximum atomic E-state index is 10.8. The number of halogens is 1. The van der Waals surface area contributed by atoms with Gasteiger partial charge in [0.2, 0.25) is 0 Å². The predicted octanol–water partition coefficient (Wildman–Crippen LogP) is 1.99. The monoisotopic (exact) mass is 251 g/mol. The minimum Gasteiger partial charge on any atom is -0.481 e. The van der Waals surface area contributed by atoms with Crippen LogP contribution in [0.4, 0.5) is 0 Å². The largest absolute Gasteiger partial charge is 0.481 e. The van der Waals surface area contributed by atoms with Crippen molar-refractivity contribution in [1.82, 2.24) is 0 Å². The molecule has 6 heteroatoms. The highest BCUT2D eigenvalue weighted by molar-refractivity contribution is 5.87. The Balaban J connectivity index is 0. The molecule has 0 unspecified atom stereocenters. The van der Waals surface area contributed by atoms with Crippen molar-refractivity contribution >= 4 is 30.1 Å². The van der Waals surface area contributed by atoms with Crippen LogP contribution in [0.5, 0.6) is 0 Å². The molecule has 0 saturated carbocycles. The van der Waals surface area contributed by atoms with E-state index in [4.69, 9.17) is 10.2 Å². The Morgan fingerprint density at radius 2 is 1.69 bits per heavy atom. The van der Waals surface area contributed by atoms with E-state index in [1.807, 2.05) is 13.8 Å². The zero-order valence-electron chi connectivity index (χ0n) is 9.47. The predicted molar refractivity (Wildman–Crippen MR) is 63.6 cm³/mol. The van der Waals surface area contributed by atoms with E-state index in [0.717, 1.165) is 5.71 Å². The quantitative estimate of drug-likeness (QED) is 0.678. The van der Waals surface area contributed by atoms with Gasteiger partial charge in [-0.05, 0) is 19.3 Å². The average Bonchev–Trinajstić information content (AvgIpc) is 2.17. The van der Waals surface area contributed by atoms with E-state index in [-0.39, 0.29) is 25.2 Å². The van der Waals surface area contributed by atoms with Gasteiger partial charge < -0.3 is 10.2 Å². The second-order valence-corrected chi connectivity index (χ2v) is 3.19.